The van der Waals surface area contributed by atoms with Crippen molar-refractivity contribution in [3.63, 3.8) is 0 Å². The van der Waals surface area contributed by atoms with Crippen LogP contribution in [-0.2, 0) is 6.54 Å². The van der Waals surface area contributed by atoms with Crippen LogP contribution in [-0.4, -0.2) is 30.4 Å². The summed E-state index contributed by atoms with van der Waals surface area (Å²) in [7, 11) is 1.93. The molecule has 1 amide bonds. The molecule has 1 N–H and O–H groups in total. The molecule has 0 aliphatic carbocycles. The number of benzene rings is 1. The zero-order valence-electron chi connectivity index (χ0n) is 11.3. The monoisotopic (exact) mass is 246 g/mol. The second-order valence-electron chi connectivity index (χ2n) is 5.07. The number of nitrogens with one attached hydrogen (secondary N) is 1. The summed E-state index contributed by atoms with van der Waals surface area (Å²) < 4.78 is 0. The molecule has 0 bridgehead atoms. The minimum Gasteiger partial charge on any atom is -0.336 e. The molecule has 0 spiro atoms. The maximum absolute atomic E-state index is 12.4. The number of piperidine rings is 1. The zero-order valence-corrected chi connectivity index (χ0v) is 11.3. The van der Waals surface area contributed by atoms with Crippen molar-refractivity contribution in [1.82, 2.24) is 10.2 Å². The van der Waals surface area contributed by atoms with Gasteiger partial charge in [-0.25, -0.2) is 0 Å². The largest absolute Gasteiger partial charge is 0.336 e. The normalized spacial score (nSPS) is 19.9. The van der Waals surface area contributed by atoms with Gasteiger partial charge in [0.05, 0.1) is 0 Å². The molecular formula is C15H22N2O. The molecule has 3 heteroatoms. The van der Waals surface area contributed by atoms with Crippen molar-refractivity contribution < 1.29 is 4.79 Å². The fourth-order valence-electron chi connectivity index (χ4n) is 2.53. The van der Waals surface area contributed by atoms with Gasteiger partial charge in [0.1, 0.15) is 0 Å². The van der Waals surface area contributed by atoms with Crippen LogP contribution in [0.3, 0.4) is 0 Å². The molecule has 1 heterocycles. The van der Waals surface area contributed by atoms with Crippen LogP contribution < -0.4 is 5.32 Å². The van der Waals surface area contributed by atoms with E-state index in [1.807, 2.05) is 36.2 Å². The Morgan fingerprint density at radius 2 is 2.06 bits per heavy atom. The van der Waals surface area contributed by atoms with E-state index in [0.29, 0.717) is 6.04 Å². The van der Waals surface area contributed by atoms with E-state index in [9.17, 15) is 4.79 Å². The SMILES string of the molecule is CNCc1ccc(C(=O)N2CCCCC2C)cc1. The Kier molecular flexibility index (Phi) is 4.37. The van der Waals surface area contributed by atoms with Gasteiger partial charge in [-0.3, -0.25) is 4.79 Å². The Bertz CT molecular complexity index is 399. The zero-order chi connectivity index (χ0) is 13.0. The topological polar surface area (TPSA) is 32.3 Å². The number of carbonyl (C=O) groups excluding carboxylic acids is 1. The lowest BCUT2D eigenvalue weighted by Crippen LogP contribution is -2.42. The van der Waals surface area contributed by atoms with Crippen LogP contribution in [0.4, 0.5) is 0 Å². The average molecular weight is 246 g/mol. The minimum atomic E-state index is 0.179. The first-order valence-electron chi connectivity index (χ1n) is 6.77. The molecule has 0 aromatic heterocycles. The number of nitrogens with zero attached hydrogens (tertiary/aromatic N) is 1. The fraction of sp³-hybridized carbons (Fsp3) is 0.533. The highest BCUT2D eigenvalue weighted by molar-refractivity contribution is 5.94. The maximum Gasteiger partial charge on any atom is 0.254 e. The first kappa shape index (κ1) is 13.1. The molecule has 1 atom stereocenters. The number of likely N-dealkylation sites (tertiary alicyclic amines) is 1. The van der Waals surface area contributed by atoms with Gasteiger partial charge in [0.15, 0.2) is 0 Å². The van der Waals surface area contributed by atoms with Gasteiger partial charge in [-0.05, 0) is 50.9 Å². The molecule has 1 unspecified atom stereocenters. The van der Waals surface area contributed by atoms with E-state index >= 15 is 0 Å². The summed E-state index contributed by atoms with van der Waals surface area (Å²) in [5, 5.41) is 3.11. The van der Waals surface area contributed by atoms with E-state index in [1.165, 1.54) is 12.0 Å². The molecule has 1 aliphatic heterocycles. The quantitative estimate of drug-likeness (QED) is 0.888. The molecule has 1 aromatic carbocycles. The average Bonchev–Trinajstić information content (AvgIpc) is 2.40. The summed E-state index contributed by atoms with van der Waals surface area (Å²) in [5.41, 5.74) is 2.02. The molecule has 98 valence electrons. The Hall–Kier alpha value is -1.35. The van der Waals surface area contributed by atoms with Gasteiger partial charge in [-0.2, -0.15) is 0 Å². The van der Waals surface area contributed by atoms with Crippen molar-refractivity contribution in [1.29, 1.82) is 0 Å². The Morgan fingerprint density at radius 3 is 2.67 bits per heavy atom. The summed E-state index contributed by atoms with van der Waals surface area (Å²) in [5.74, 6) is 0.179. The molecule has 1 aliphatic rings. The van der Waals surface area contributed by atoms with Crippen molar-refractivity contribution >= 4 is 5.91 Å². The van der Waals surface area contributed by atoms with Crippen molar-refractivity contribution in [2.24, 2.45) is 0 Å². The first-order valence-corrected chi connectivity index (χ1v) is 6.77. The van der Waals surface area contributed by atoms with Crippen LogP contribution in [0.25, 0.3) is 0 Å². The Balaban J connectivity index is 2.08. The highest BCUT2D eigenvalue weighted by Gasteiger charge is 2.23. The summed E-state index contributed by atoms with van der Waals surface area (Å²) in [6, 6.07) is 8.31. The van der Waals surface area contributed by atoms with Crippen LogP contribution in [0.1, 0.15) is 42.1 Å². The second-order valence-corrected chi connectivity index (χ2v) is 5.07. The lowest BCUT2D eigenvalue weighted by molar-refractivity contribution is 0.0635. The standard InChI is InChI=1S/C15H22N2O/c1-12-5-3-4-10-17(12)15(18)14-8-6-13(7-9-14)11-16-2/h6-9,12,16H,3-5,10-11H2,1-2H3. The number of carbonyl (C=O) groups is 1. The molecule has 0 radical (unpaired) electrons. The summed E-state index contributed by atoms with van der Waals surface area (Å²) in [6.45, 7) is 3.89. The predicted molar refractivity (Wildman–Crippen MR) is 73.6 cm³/mol. The van der Waals surface area contributed by atoms with E-state index in [0.717, 1.165) is 31.5 Å². The van der Waals surface area contributed by atoms with Crippen LogP contribution in [0.2, 0.25) is 0 Å². The maximum atomic E-state index is 12.4. The van der Waals surface area contributed by atoms with Gasteiger partial charge in [-0.1, -0.05) is 12.1 Å². The van der Waals surface area contributed by atoms with Gasteiger partial charge < -0.3 is 10.2 Å². The molecule has 18 heavy (non-hydrogen) atoms. The minimum absolute atomic E-state index is 0.179. The highest BCUT2D eigenvalue weighted by Crippen LogP contribution is 2.19. The Labute approximate surface area is 109 Å². The lowest BCUT2D eigenvalue weighted by Gasteiger charge is -2.33. The van der Waals surface area contributed by atoms with Gasteiger partial charge in [-0.15, -0.1) is 0 Å². The van der Waals surface area contributed by atoms with Gasteiger partial charge in [0.25, 0.3) is 5.91 Å². The van der Waals surface area contributed by atoms with E-state index < -0.39 is 0 Å². The van der Waals surface area contributed by atoms with Crippen molar-refractivity contribution in [3.05, 3.63) is 35.4 Å². The fourth-order valence-corrected chi connectivity index (χ4v) is 2.53. The Morgan fingerprint density at radius 1 is 1.33 bits per heavy atom. The van der Waals surface area contributed by atoms with Gasteiger partial charge in [0, 0.05) is 24.7 Å². The molecule has 0 saturated carbocycles. The molecular weight excluding hydrogens is 224 g/mol. The van der Waals surface area contributed by atoms with Crippen LogP contribution in [0.15, 0.2) is 24.3 Å². The summed E-state index contributed by atoms with van der Waals surface area (Å²) in [6.07, 6.45) is 3.50. The van der Waals surface area contributed by atoms with Crippen molar-refractivity contribution in [2.75, 3.05) is 13.6 Å². The summed E-state index contributed by atoms with van der Waals surface area (Å²) in [4.78, 5) is 14.4. The molecule has 1 fully saturated rings. The van der Waals surface area contributed by atoms with Crippen LogP contribution >= 0.6 is 0 Å². The first-order chi connectivity index (χ1) is 8.72. The summed E-state index contributed by atoms with van der Waals surface area (Å²) >= 11 is 0. The molecule has 1 saturated heterocycles. The number of amides is 1. The third-order valence-electron chi connectivity index (χ3n) is 3.65. The van der Waals surface area contributed by atoms with E-state index in [4.69, 9.17) is 0 Å². The third-order valence-corrected chi connectivity index (χ3v) is 3.65. The number of rotatable bonds is 3. The van der Waals surface area contributed by atoms with Crippen molar-refractivity contribution in [3.8, 4) is 0 Å². The number of hydrogen-bond donors (Lipinski definition) is 1. The predicted octanol–water partition coefficient (Wildman–Crippen LogP) is 2.42. The van der Waals surface area contributed by atoms with E-state index in [-0.39, 0.29) is 5.91 Å². The van der Waals surface area contributed by atoms with Crippen LogP contribution in [0.5, 0.6) is 0 Å². The van der Waals surface area contributed by atoms with Gasteiger partial charge in [0.2, 0.25) is 0 Å². The van der Waals surface area contributed by atoms with Gasteiger partial charge >= 0.3 is 0 Å². The van der Waals surface area contributed by atoms with E-state index in [1.54, 1.807) is 0 Å². The molecule has 1 aromatic rings. The second kappa shape index (κ2) is 6.01. The lowest BCUT2D eigenvalue weighted by atomic mass is 10.0. The smallest absolute Gasteiger partial charge is 0.254 e. The van der Waals surface area contributed by atoms with E-state index in [2.05, 4.69) is 12.2 Å². The third kappa shape index (κ3) is 2.91. The molecule has 2 rings (SSSR count). The van der Waals surface area contributed by atoms with Crippen molar-refractivity contribution in [2.45, 2.75) is 38.8 Å². The number of hydrogen-bond acceptors (Lipinski definition) is 2. The van der Waals surface area contributed by atoms with Crippen LogP contribution in [0, 0.1) is 0 Å². The molecule has 3 nitrogen and oxygen atoms in total. The highest BCUT2D eigenvalue weighted by atomic mass is 16.2.